The van der Waals surface area contributed by atoms with Crippen LogP contribution in [0.3, 0.4) is 0 Å². The molecule has 0 spiro atoms. The molecular formula is C21H18ClNO7S. The van der Waals surface area contributed by atoms with Gasteiger partial charge in [-0.05, 0) is 55.4 Å². The summed E-state index contributed by atoms with van der Waals surface area (Å²) in [5.74, 6) is -1.79. The third kappa shape index (κ3) is 5.18. The predicted octanol–water partition coefficient (Wildman–Crippen LogP) is 4.68. The van der Waals surface area contributed by atoms with Crippen molar-refractivity contribution in [2.24, 2.45) is 0 Å². The van der Waals surface area contributed by atoms with Crippen molar-refractivity contribution >= 4 is 52.5 Å². The highest BCUT2D eigenvalue weighted by Crippen LogP contribution is 2.34. The zero-order chi connectivity index (χ0) is 22.7. The molecule has 162 valence electrons. The third-order valence-electron chi connectivity index (χ3n) is 4.45. The average molecular weight is 464 g/mol. The van der Waals surface area contributed by atoms with Crippen LogP contribution in [0.2, 0.25) is 5.02 Å². The number of nitrogens with zero attached hydrogens (tertiary/aromatic N) is 1. The van der Waals surface area contributed by atoms with E-state index in [1.165, 1.54) is 18.2 Å². The standard InChI is InChI=1S/C21H18ClNO7S/c1-3-11(2)29-18(24)10-23-19(25)17(31-21(23)28)9-13-5-7-16(30-13)12-4-6-15(22)14(8-12)20(26)27/h4-9,11H,3,10H2,1-2H3,(H,26,27)/b17-9+/t11-/m0/s1. The van der Waals surface area contributed by atoms with Gasteiger partial charge in [-0.15, -0.1) is 0 Å². The summed E-state index contributed by atoms with van der Waals surface area (Å²) in [6.45, 7) is 3.11. The van der Waals surface area contributed by atoms with Crippen molar-refractivity contribution in [3.05, 3.63) is 51.6 Å². The van der Waals surface area contributed by atoms with Gasteiger partial charge in [-0.1, -0.05) is 18.5 Å². The van der Waals surface area contributed by atoms with E-state index >= 15 is 0 Å². The summed E-state index contributed by atoms with van der Waals surface area (Å²) >= 11 is 6.57. The molecule has 2 aromatic rings. The van der Waals surface area contributed by atoms with Crippen LogP contribution in [0.5, 0.6) is 0 Å². The normalized spacial score (nSPS) is 16.1. The topological polar surface area (TPSA) is 114 Å². The highest BCUT2D eigenvalue weighted by atomic mass is 35.5. The van der Waals surface area contributed by atoms with Gasteiger partial charge < -0.3 is 14.3 Å². The Kier molecular flexibility index (Phi) is 6.87. The molecule has 1 aromatic heterocycles. The summed E-state index contributed by atoms with van der Waals surface area (Å²) in [6, 6.07) is 7.62. The molecule has 0 aliphatic carbocycles. The number of hydrogen-bond donors (Lipinski definition) is 1. The summed E-state index contributed by atoms with van der Waals surface area (Å²) < 4.78 is 10.8. The van der Waals surface area contributed by atoms with Gasteiger partial charge in [0.2, 0.25) is 0 Å². The third-order valence-corrected chi connectivity index (χ3v) is 5.69. The minimum absolute atomic E-state index is 0.0671. The molecule has 2 amide bonds. The number of thioether (sulfide) groups is 1. The second-order valence-electron chi connectivity index (χ2n) is 6.68. The zero-order valence-electron chi connectivity index (χ0n) is 16.6. The number of hydrogen-bond acceptors (Lipinski definition) is 7. The Balaban J connectivity index is 1.76. The monoisotopic (exact) mass is 463 g/mol. The van der Waals surface area contributed by atoms with Crippen molar-refractivity contribution in [1.29, 1.82) is 0 Å². The number of carbonyl (C=O) groups excluding carboxylic acids is 3. The Morgan fingerprint density at radius 2 is 2.03 bits per heavy atom. The highest BCUT2D eigenvalue weighted by Gasteiger charge is 2.37. The summed E-state index contributed by atoms with van der Waals surface area (Å²) in [5.41, 5.74) is 0.421. The molecule has 1 N–H and O–H groups in total. The first-order valence-electron chi connectivity index (χ1n) is 9.27. The first-order valence-corrected chi connectivity index (χ1v) is 10.5. The number of aromatic carboxylic acids is 1. The lowest BCUT2D eigenvalue weighted by Crippen LogP contribution is -2.35. The molecule has 1 aliphatic rings. The van der Waals surface area contributed by atoms with Gasteiger partial charge >= 0.3 is 11.9 Å². The van der Waals surface area contributed by atoms with Gasteiger partial charge in [-0.2, -0.15) is 0 Å². The van der Waals surface area contributed by atoms with Gasteiger partial charge in [0.15, 0.2) is 0 Å². The summed E-state index contributed by atoms with van der Waals surface area (Å²) in [6.07, 6.45) is 1.71. The molecule has 1 aliphatic heterocycles. The van der Waals surface area contributed by atoms with Crippen molar-refractivity contribution in [2.75, 3.05) is 6.54 Å². The Bertz CT molecular complexity index is 1090. The fraction of sp³-hybridized carbons (Fsp3) is 0.238. The highest BCUT2D eigenvalue weighted by molar-refractivity contribution is 8.18. The van der Waals surface area contributed by atoms with Gasteiger partial charge in [0, 0.05) is 11.6 Å². The second kappa shape index (κ2) is 9.40. The lowest BCUT2D eigenvalue weighted by atomic mass is 10.1. The Labute approximate surface area is 186 Å². The van der Waals surface area contributed by atoms with E-state index in [2.05, 4.69) is 0 Å². The van der Waals surface area contributed by atoms with Crippen LogP contribution in [-0.2, 0) is 14.3 Å². The molecule has 2 heterocycles. The molecule has 1 aromatic carbocycles. The van der Waals surface area contributed by atoms with Crippen LogP contribution in [-0.4, -0.2) is 45.7 Å². The minimum atomic E-state index is -1.17. The molecule has 31 heavy (non-hydrogen) atoms. The summed E-state index contributed by atoms with van der Waals surface area (Å²) in [4.78, 5) is 48.8. The van der Waals surface area contributed by atoms with E-state index < -0.39 is 29.6 Å². The van der Waals surface area contributed by atoms with Gasteiger partial charge in [0.25, 0.3) is 11.1 Å². The number of halogens is 1. The van der Waals surface area contributed by atoms with E-state index in [4.69, 9.17) is 20.8 Å². The zero-order valence-corrected chi connectivity index (χ0v) is 18.2. The molecule has 10 heteroatoms. The maximum absolute atomic E-state index is 12.5. The molecule has 1 fully saturated rings. The van der Waals surface area contributed by atoms with Crippen molar-refractivity contribution in [3.8, 4) is 11.3 Å². The van der Waals surface area contributed by atoms with E-state index in [1.54, 1.807) is 25.1 Å². The quantitative estimate of drug-likeness (QED) is 0.465. The number of carboxylic acids is 1. The van der Waals surface area contributed by atoms with Crippen LogP contribution in [0.15, 0.2) is 39.7 Å². The fourth-order valence-electron chi connectivity index (χ4n) is 2.67. The largest absolute Gasteiger partial charge is 0.478 e. The number of furan rings is 1. The molecule has 8 nitrogen and oxygen atoms in total. The molecule has 0 saturated carbocycles. The Hall–Kier alpha value is -3.04. The molecule has 0 bridgehead atoms. The maximum atomic E-state index is 12.5. The smallest absolute Gasteiger partial charge is 0.337 e. The van der Waals surface area contributed by atoms with E-state index in [0.29, 0.717) is 29.5 Å². The molecular weight excluding hydrogens is 446 g/mol. The van der Waals surface area contributed by atoms with Crippen molar-refractivity contribution in [2.45, 2.75) is 26.4 Å². The lowest BCUT2D eigenvalue weighted by Gasteiger charge is -2.14. The van der Waals surface area contributed by atoms with Crippen LogP contribution in [0, 0.1) is 0 Å². The van der Waals surface area contributed by atoms with E-state index in [-0.39, 0.29) is 27.4 Å². The number of carboxylic acid groups (broad SMARTS) is 1. The molecule has 0 radical (unpaired) electrons. The number of rotatable bonds is 7. The van der Waals surface area contributed by atoms with Crippen LogP contribution >= 0.6 is 23.4 Å². The number of ether oxygens (including phenoxy) is 1. The van der Waals surface area contributed by atoms with Crippen LogP contribution < -0.4 is 0 Å². The fourth-order valence-corrected chi connectivity index (χ4v) is 3.68. The van der Waals surface area contributed by atoms with E-state index in [0.717, 1.165) is 4.90 Å². The van der Waals surface area contributed by atoms with Crippen LogP contribution in [0.1, 0.15) is 36.4 Å². The number of amides is 2. The van der Waals surface area contributed by atoms with Crippen LogP contribution in [0.4, 0.5) is 4.79 Å². The minimum Gasteiger partial charge on any atom is -0.478 e. The summed E-state index contributed by atoms with van der Waals surface area (Å²) in [7, 11) is 0. The van der Waals surface area contributed by atoms with Crippen molar-refractivity contribution < 1.29 is 33.4 Å². The van der Waals surface area contributed by atoms with Gasteiger partial charge in [0.05, 0.1) is 21.6 Å². The Morgan fingerprint density at radius 3 is 2.71 bits per heavy atom. The lowest BCUT2D eigenvalue weighted by molar-refractivity contribution is -0.150. The second-order valence-corrected chi connectivity index (χ2v) is 8.08. The SMILES string of the molecule is CC[C@H](C)OC(=O)CN1C(=O)S/C(=C/c2ccc(-c3ccc(Cl)c(C(=O)O)c3)o2)C1=O. The van der Waals surface area contributed by atoms with Crippen molar-refractivity contribution in [3.63, 3.8) is 0 Å². The van der Waals surface area contributed by atoms with E-state index in [9.17, 15) is 24.3 Å². The number of esters is 1. The first kappa shape index (κ1) is 22.6. The molecule has 0 unspecified atom stereocenters. The van der Waals surface area contributed by atoms with E-state index in [1.807, 2.05) is 6.92 Å². The van der Waals surface area contributed by atoms with Gasteiger partial charge in [-0.25, -0.2) is 4.79 Å². The number of imide groups is 1. The molecule has 1 atom stereocenters. The summed E-state index contributed by atoms with van der Waals surface area (Å²) in [5, 5.41) is 8.73. The number of carbonyl (C=O) groups is 4. The first-order chi connectivity index (χ1) is 14.7. The average Bonchev–Trinajstić information content (AvgIpc) is 3.28. The number of benzene rings is 1. The van der Waals surface area contributed by atoms with Gasteiger partial charge in [0.1, 0.15) is 18.1 Å². The van der Waals surface area contributed by atoms with Gasteiger partial charge in [-0.3, -0.25) is 19.3 Å². The molecule has 1 saturated heterocycles. The molecule has 3 rings (SSSR count). The Morgan fingerprint density at radius 1 is 1.29 bits per heavy atom. The predicted molar refractivity (Wildman–Crippen MR) is 115 cm³/mol. The van der Waals surface area contributed by atoms with Crippen LogP contribution in [0.25, 0.3) is 17.4 Å². The maximum Gasteiger partial charge on any atom is 0.337 e. The van der Waals surface area contributed by atoms with Crippen molar-refractivity contribution in [1.82, 2.24) is 4.90 Å².